The number of thiophene rings is 1. The van der Waals surface area contributed by atoms with Gasteiger partial charge in [0.15, 0.2) is 0 Å². The molecular weight excluding hydrogens is 392 g/mol. The van der Waals surface area contributed by atoms with Crippen molar-refractivity contribution < 1.29 is 14.3 Å². The Morgan fingerprint density at radius 2 is 1.79 bits per heavy atom. The highest BCUT2D eigenvalue weighted by Crippen LogP contribution is 2.30. The highest BCUT2D eigenvalue weighted by molar-refractivity contribution is 7.22. The van der Waals surface area contributed by atoms with Gasteiger partial charge in [-0.05, 0) is 23.8 Å². The van der Waals surface area contributed by atoms with Gasteiger partial charge in [0.25, 0.3) is 0 Å². The van der Waals surface area contributed by atoms with Crippen LogP contribution in [0.2, 0.25) is 0 Å². The van der Waals surface area contributed by atoms with Crippen molar-refractivity contribution in [1.82, 2.24) is 9.71 Å². The summed E-state index contributed by atoms with van der Waals surface area (Å²) in [5.41, 5.74) is 1.02. The maximum absolute atomic E-state index is 12.8. The quantitative estimate of drug-likeness (QED) is 0.528. The van der Waals surface area contributed by atoms with Crippen LogP contribution in [0.15, 0.2) is 64.2 Å². The van der Waals surface area contributed by atoms with Crippen LogP contribution < -0.4 is 25.6 Å². The highest BCUT2D eigenvalue weighted by Gasteiger charge is 2.14. The molecule has 2 heterocycles. The zero-order valence-corrected chi connectivity index (χ0v) is 16.6. The molecule has 4 aromatic rings. The molecule has 2 aromatic heterocycles. The number of H-pyrrole nitrogens is 1. The van der Waals surface area contributed by atoms with E-state index in [1.54, 1.807) is 31.4 Å². The number of nitrogens with one attached hydrogen (secondary N) is 1. The zero-order valence-electron chi connectivity index (χ0n) is 15.8. The molecule has 8 heteroatoms. The van der Waals surface area contributed by atoms with Gasteiger partial charge in [0.2, 0.25) is 0 Å². The van der Waals surface area contributed by atoms with Crippen molar-refractivity contribution in [2.24, 2.45) is 0 Å². The van der Waals surface area contributed by atoms with Crippen molar-refractivity contribution in [3.05, 3.63) is 81.0 Å². The standard InChI is InChI=1S/C21H18N2O5S/c1-26-15-9-8-14(17(10-15)27-2)12-28-23-20(24)19-16(22-21(23)25)11-18(29-19)13-6-4-3-5-7-13/h3-11H,12H2,1-2H3,(H,22,25). The molecule has 0 atom stereocenters. The van der Waals surface area contributed by atoms with Crippen LogP contribution in [-0.2, 0) is 6.61 Å². The fourth-order valence-corrected chi connectivity index (χ4v) is 4.00. The molecule has 29 heavy (non-hydrogen) atoms. The van der Waals surface area contributed by atoms with Crippen molar-refractivity contribution >= 4 is 21.6 Å². The number of hydrogen-bond donors (Lipinski definition) is 1. The maximum atomic E-state index is 12.8. The molecule has 0 spiro atoms. The molecule has 0 saturated carbocycles. The summed E-state index contributed by atoms with van der Waals surface area (Å²) in [6.45, 7) is -0.0153. The van der Waals surface area contributed by atoms with E-state index in [1.807, 2.05) is 30.3 Å². The molecule has 0 aliphatic heterocycles. The number of methoxy groups -OCH3 is 2. The van der Waals surface area contributed by atoms with Crippen LogP contribution in [0.4, 0.5) is 0 Å². The lowest BCUT2D eigenvalue weighted by Gasteiger charge is -2.11. The predicted molar refractivity (Wildman–Crippen MR) is 112 cm³/mol. The number of hydrogen-bond acceptors (Lipinski definition) is 6. The van der Waals surface area contributed by atoms with E-state index in [2.05, 4.69) is 4.98 Å². The first-order valence-corrected chi connectivity index (χ1v) is 9.61. The molecule has 4 rings (SSSR count). The molecule has 1 N–H and O–H groups in total. The molecule has 0 aliphatic carbocycles. The normalized spacial score (nSPS) is 10.8. The van der Waals surface area contributed by atoms with E-state index in [-0.39, 0.29) is 6.61 Å². The molecule has 0 aliphatic rings. The third kappa shape index (κ3) is 3.62. The first-order chi connectivity index (χ1) is 14.1. The summed E-state index contributed by atoms with van der Waals surface area (Å²) in [6, 6.07) is 16.7. The third-order valence-corrected chi connectivity index (χ3v) is 5.61. The van der Waals surface area contributed by atoms with Crippen LogP contribution in [0.1, 0.15) is 5.56 Å². The second-order valence-electron chi connectivity index (χ2n) is 6.20. The van der Waals surface area contributed by atoms with E-state index in [0.717, 1.165) is 15.2 Å². The molecule has 148 valence electrons. The van der Waals surface area contributed by atoms with Crippen molar-refractivity contribution in [2.75, 3.05) is 14.2 Å². The minimum Gasteiger partial charge on any atom is -0.497 e. The van der Waals surface area contributed by atoms with Gasteiger partial charge in [-0.15, -0.1) is 11.3 Å². The number of benzene rings is 2. The summed E-state index contributed by atoms with van der Waals surface area (Å²) in [7, 11) is 3.09. The van der Waals surface area contributed by atoms with E-state index >= 15 is 0 Å². The molecule has 0 amide bonds. The van der Waals surface area contributed by atoms with Crippen LogP contribution in [0, 0.1) is 0 Å². The van der Waals surface area contributed by atoms with Gasteiger partial charge in [0, 0.05) is 16.5 Å². The van der Waals surface area contributed by atoms with Crippen LogP contribution in [0.5, 0.6) is 11.5 Å². The summed E-state index contributed by atoms with van der Waals surface area (Å²) < 4.78 is 11.7. The van der Waals surface area contributed by atoms with Gasteiger partial charge in [-0.25, -0.2) is 4.79 Å². The average Bonchev–Trinajstić information content (AvgIpc) is 3.18. The minimum absolute atomic E-state index is 0.0153. The number of nitrogens with zero attached hydrogens (tertiary/aromatic N) is 1. The van der Waals surface area contributed by atoms with Crippen LogP contribution in [0.25, 0.3) is 20.7 Å². The van der Waals surface area contributed by atoms with Crippen molar-refractivity contribution in [3.8, 4) is 21.9 Å². The van der Waals surface area contributed by atoms with Crippen molar-refractivity contribution in [1.29, 1.82) is 0 Å². The lowest BCUT2D eigenvalue weighted by atomic mass is 10.2. The number of rotatable bonds is 6. The van der Waals surface area contributed by atoms with Gasteiger partial charge in [-0.1, -0.05) is 35.1 Å². The van der Waals surface area contributed by atoms with Gasteiger partial charge in [0.1, 0.15) is 22.8 Å². The lowest BCUT2D eigenvalue weighted by molar-refractivity contribution is 0.0792. The Morgan fingerprint density at radius 3 is 2.52 bits per heavy atom. The SMILES string of the molecule is COc1ccc(COn2c(=O)[nH]c3cc(-c4ccccc4)sc3c2=O)c(OC)c1. The Labute approximate surface area is 169 Å². The molecule has 0 fully saturated rings. The molecule has 2 aromatic carbocycles. The molecule has 0 radical (unpaired) electrons. The monoisotopic (exact) mass is 410 g/mol. The molecule has 0 bridgehead atoms. The summed E-state index contributed by atoms with van der Waals surface area (Å²) in [5.74, 6) is 1.17. The van der Waals surface area contributed by atoms with Gasteiger partial charge in [-0.3, -0.25) is 4.79 Å². The Kier molecular flexibility index (Phi) is 5.09. The largest absolute Gasteiger partial charge is 0.497 e. The second-order valence-corrected chi connectivity index (χ2v) is 7.25. The smallest absolute Gasteiger partial charge is 0.362 e. The predicted octanol–water partition coefficient (Wildman–Crippen LogP) is 3.06. The van der Waals surface area contributed by atoms with Gasteiger partial charge < -0.3 is 19.3 Å². The van der Waals surface area contributed by atoms with Crippen LogP contribution >= 0.6 is 11.3 Å². The Bertz CT molecular complexity index is 1270. The number of aromatic nitrogens is 2. The molecular formula is C21H18N2O5S. The fourth-order valence-electron chi connectivity index (χ4n) is 2.96. The molecule has 0 unspecified atom stereocenters. The number of fused-ring (bicyclic) bond motifs is 1. The summed E-state index contributed by atoms with van der Waals surface area (Å²) >= 11 is 1.31. The number of ether oxygens (including phenoxy) is 2. The summed E-state index contributed by atoms with van der Waals surface area (Å²) in [6.07, 6.45) is 0. The van der Waals surface area contributed by atoms with Crippen LogP contribution in [-0.4, -0.2) is 23.9 Å². The Balaban J connectivity index is 1.68. The summed E-state index contributed by atoms with van der Waals surface area (Å²) in [4.78, 5) is 34.4. The first kappa shape index (κ1) is 18.8. The second kappa shape index (κ2) is 7.84. The van der Waals surface area contributed by atoms with Gasteiger partial charge in [-0.2, -0.15) is 0 Å². The van der Waals surface area contributed by atoms with E-state index < -0.39 is 11.2 Å². The van der Waals surface area contributed by atoms with Crippen LogP contribution in [0.3, 0.4) is 0 Å². The zero-order chi connectivity index (χ0) is 20.4. The lowest BCUT2D eigenvalue weighted by Crippen LogP contribution is -2.39. The topological polar surface area (TPSA) is 82.5 Å². The van der Waals surface area contributed by atoms with E-state index in [9.17, 15) is 9.59 Å². The van der Waals surface area contributed by atoms with Crippen molar-refractivity contribution in [3.63, 3.8) is 0 Å². The van der Waals surface area contributed by atoms with Gasteiger partial charge in [0.05, 0.1) is 19.7 Å². The van der Waals surface area contributed by atoms with Gasteiger partial charge >= 0.3 is 11.2 Å². The maximum Gasteiger partial charge on any atom is 0.362 e. The average molecular weight is 410 g/mol. The highest BCUT2D eigenvalue weighted by atomic mass is 32.1. The Morgan fingerprint density at radius 1 is 1.00 bits per heavy atom. The fraction of sp³-hybridized carbons (Fsp3) is 0.143. The molecule has 7 nitrogen and oxygen atoms in total. The minimum atomic E-state index is -0.632. The summed E-state index contributed by atoms with van der Waals surface area (Å²) in [5, 5.41) is 0. The van der Waals surface area contributed by atoms with E-state index in [0.29, 0.717) is 27.3 Å². The van der Waals surface area contributed by atoms with E-state index in [4.69, 9.17) is 14.3 Å². The van der Waals surface area contributed by atoms with Crippen molar-refractivity contribution in [2.45, 2.75) is 6.61 Å². The Hall–Kier alpha value is -3.52. The molecule has 0 saturated heterocycles. The van der Waals surface area contributed by atoms with E-state index in [1.165, 1.54) is 18.4 Å². The first-order valence-electron chi connectivity index (χ1n) is 8.79. The third-order valence-electron chi connectivity index (χ3n) is 4.44. The number of aromatic amines is 1.